The molecule has 0 amide bonds. The Kier molecular flexibility index (Phi) is 10.1. The van der Waals surface area contributed by atoms with Gasteiger partial charge in [0.15, 0.2) is 0 Å². The smallest absolute Gasteiger partial charge is 0.0676 e. The Morgan fingerprint density at radius 1 is 0.485 bits per heavy atom. The fourth-order valence-electron chi connectivity index (χ4n) is 11.2. The quantitative estimate of drug-likeness (QED) is 0.147. The molecule has 0 radical (unpaired) electrons. The molecule has 0 saturated heterocycles. The minimum atomic E-state index is -0.407. The predicted molar refractivity (Wildman–Crippen MR) is 286 cm³/mol. The van der Waals surface area contributed by atoms with Gasteiger partial charge in [0.25, 0.3) is 0 Å². The van der Waals surface area contributed by atoms with Gasteiger partial charge in [0.05, 0.1) is 11.1 Å². The number of hydrogen-bond acceptors (Lipinski definition) is 1. The number of benzene rings is 9. The third kappa shape index (κ3) is 6.87. The van der Waals surface area contributed by atoms with Crippen LogP contribution in [0.15, 0.2) is 242 Å². The summed E-state index contributed by atoms with van der Waals surface area (Å²) in [6, 6.07) is 89.9. The topological polar surface area (TPSA) is 3.24 Å². The van der Waals surface area contributed by atoms with Crippen molar-refractivity contribution in [2.75, 3.05) is 4.90 Å². The Hall–Kier alpha value is -8.18. The van der Waals surface area contributed by atoms with E-state index in [1.165, 1.54) is 77.7 Å². The Balaban J connectivity index is 1.04. The normalized spacial score (nSPS) is 14.0. The standard InChI is InChI=1S/C67H51N/c1-66(2,3)52-38-33-48(34-39-52)46-29-31-47(32-30-46)49-35-40-55(41-36-49)68(64-44-37-51-18-11-13-25-58(51)65(64)60-27-16-19-50-17-10-12-24-57(50)60)56-42-43-63-61(45-56)59-26-14-15-28-62(59)67(63,53-20-6-4-7-21-53)54-22-8-5-9-23-54/h4-15,17-26,28-41,44-45H,42-43H2,1-3H3. The highest BCUT2D eigenvalue weighted by Gasteiger charge is 2.48. The fraction of sp³-hybridized carbons (Fsp3) is 0.104. The molecular weight excluding hydrogens is 819 g/mol. The van der Waals surface area contributed by atoms with Gasteiger partial charge in [0, 0.05) is 22.5 Å². The van der Waals surface area contributed by atoms with Gasteiger partial charge in [-0.1, -0.05) is 233 Å². The molecule has 12 rings (SSSR count). The van der Waals surface area contributed by atoms with Crippen LogP contribution in [-0.4, -0.2) is 0 Å². The first-order valence-corrected chi connectivity index (χ1v) is 24.0. The van der Waals surface area contributed by atoms with Gasteiger partial charge in [0.1, 0.15) is 0 Å². The van der Waals surface area contributed by atoms with Gasteiger partial charge in [-0.3, -0.25) is 0 Å². The molecule has 2 aliphatic carbocycles. The van der Waals surface area contributed by atoms with Crippen LogP contribution in [0.25, 0.3) is 60.5 Å². The Labute approximate surface area is 401 Å². The number of nitrogens with zero attached hydrogens (tertiary/aromatic N) is 1. The van der Waals surface area contributed by atoms with Crippen LogP contribution in [0.2, 0.25) is 0 Å². The van der Waals surface area contributed by atoms with E-state index in [2.05, 4.69) is 268 Å². The van der Waals surface area contributed by atoms with Crippen molar-refractivity contribution in [1.82, 2.24) is 0 Å². The largest absolute Gasteiger partial charge is 0.314 e. The molecular formula is C67H51N. The van der Waals surface area contributed by atoms with Gasteiger partial charge in [-0.2, -0.15) is 0 Å². The highest BCUT2D eigenvalue weighted by molar-refractivity contribution is 6.10. The fourth-order valence-corrected chi connectivity index (χ4v) is 11.2. The van der Waals surface area contributed by atoms with Crippen LogP contribution in [0.1, 0.15) is 61.4 Å². The molecule has 0 aliphatic heterocycles. The molecule has 0 heterocycles. The molecule has 2 aliphatic rings. The Morgan fingerprint density at radius 2 is 1.03 bits per heavy atom. The second kappa shape index (κ2) is 16.6. The van der Waals surface area contributed by atoms with E-state index in [9.17, 15) is 0 Å². The molecule has 1 nitrogen and oxygen atoms in total. The summed E-state index contributed by atoms with van der Waals surface area (Å²) in [5, 5.41) is 4.70. The van der Waals surface area contributed by atoms with Crippen molar-refractivity contribution in [2.24, 2.45) is 0 Å². The molecule has 0 bridgehead atoms. The summed E-state index contributed by atoms with van der Waals surface area (Å²) in [6.07, 6.45) is 4.27. The lowest BCUT2D eigenvalue weighted by atomic mass is 9.65. The average Bonchev–Trinajstić information content (AvgIpc) is 3.69. The number of hydrogen-bond donors (Lipinski definition) is 0. The Morgan fingerprint density at radius 3 is 1.68 bits per heavy atom. The molecule has 0 atom stereocenters. The molecule has 0 unspecified atom stereocenters. The van der Waals surface area contributed by atoms with E-state index >= 15 is 0 Å². The zero-order chi connectivity index (χ0) is 45.8. The summed E-state index contributed by atoms with van der Waals surface area (Å²) in [4.78, 5) is 2.54. The number of allylic oxidation sites excluding steroid dienone is 4. The molecule has 68 heavy (non-hydrogen) atoms. The third-order valence-electron chi connectivity index (χ3n) is 14.5. The van der Waals surface area contributed by atoms with Crippen LogP contribution in [0.5, 0.6) is 0 Å². The average molecular weight is 870 g/mol. The van der Waals surface area contributed by atoms with E-state index < -0.39 is 5.41 Å². The van der Waals surface area contributed by atoms with Crippen molar-refractivity contribution in [3.8, 4) is 33.4 Å². The van der Waals surface area contributed by atoms with Crippen molar-refractivity contribution < 1.29 is 0 Å². The van der Waals surface area contributed by atoms with Gasteiger partial charge in [-0.15, -0.1) is 0 Å². The van der Waals surface area contributed by atoms with Gasteiger partial charge >= 0.3 is 0 Å². The summed E-state index contributed by atoms with van der Waals surface area (Å²) in [6.45, 7) is 6.79. The molecule has 10 aromatic rings. The summed E-state index contributed by atoms with van der Waals surface area (Å²) < 4.78 is 0. The molecule has 0 N–H and O–H groups in total. The van der Waals surface area contributed by atoms with E-state index in [0.29, 0.717) is 0 Å². The first-order valence-electron chi connectivity index (χ1n) is 24.0. The van der Waals surface area contributed by atoms with Crippen molar-refractivity contribution >= 4 is 38.5 Å². The SMILES string of the molecule is CC(C)(C)c1ccc(-c2ccc(-c3ccc(N(C4=CC5=C(CC4)C(c4ccccc4)(c4ccccc4)c4ccccc45)c4ccc5ccccc5c4-c4c#ccc5ccccc45)cc3)cc2)cc1. The lowest BCUT2D eigenvalue weighted by molar-refractivity contribution is 0.590. The number of fused-ring (bicyclic) bond motifs is 4. The van der Waals surface area contributed by atoms with Crippen LogP contribution >= 0.6 is 0 Å². The monoisotopic (exact) mass is 869 g/mol. The van der Waals surface area contributed by atoms with E-state index in [0.717, 1.165) is 46.1 Å². The summed E-state index contributed by atoms with van der Waals surface area (Å²) in [5.74, 6) is 0. The summed E-state index contributed by atoms with van der Waals surface area (Å²) in [7, 11) is 0. The van der Waals surface area contributed by atoms with Crippen LogP contribution in [0.3, 0.4) is 0 Å². The molecule has 324 valence electrons. The lowest BCUT2D eigenvalue weighted by Gasteiger charge is -2.38. The van der Waals surface area contributed by atoms with Crippen molar-refractivity contribution in [2.45, 2.75) is 44.4 Å². The predicted octanol–water partition coefficient (Wildman–Crippen LogP) is 17.5. The second-order valence-electron chi connectivity index (χ2n) is 19.4. The molecule has 10 aromatic carbocycles. The molecule has 0 aromatic heterocycles. The highest BCUT2D eigenvalue weighted by Crippen LogP contribution is 2.59. The summed E-state index contributed by atoms with van der Waals surface area (Å²) in [5.41, 5.74) is 19.6. The third-order valence-corrected chi connectivity index (χ3v) is 14.5. The zero-order valence-electron chi connectivity index (χ0n) is 38.8. The maximum Gasteiger partial charge on any atom is 0.0676 e. The first kappa shape index (κ1) is 41.3. The van der Waals surface area contributed by atoms with Crippen molar-refractivity contribution in [3.05, 3.63) is 282 Å². The molecule has 1 heteroatoms. The zero-order valence-corrected chi connectivity index (χ0v) is 38.8. The van der Waals surface area contributed by atoms with Gasteiger partial charge < -0.3 is 4.90 Å². The Bertz CT molecular complexity index is 3510. The maximum atomic E-state index is 3.64. The molecule has 0 fully saturated rings. The van der Waals surface area contributed by atoms with Gasteiger partial charge in [-0.05, 0) is 131 Å². The van der Waals surface area contributed by atoms with Gasteiger partial charge in [-0.25, -0.2) is 0 Å². The van der Waals surface area contributed by atoms with E-state index in [-0.39, 0.29) is 5.41 Å². The highest BCUT2D eigenvalue weighted by atomic mass is 15.2. The van der Waals surface area contributed by atoms with Crippen LogP contribution in [0, 0.1) is 12.1 Å². The van der Waals surface area contributed by atoms with Gasteiger partial charge in [0.2, 0.25) is 0 Å². The van der Waals surface area contributed by atoms with Crippen LogP contribution < -0.4 is 4.90 Å². The van der Waals surface area contributed by atoms with Crippen molar-refractivity contribution in [1.29, 1.82) is 0 Å². The van der Waals surface area contributed by atoms with Crippen LogP contribution in [-0.2, 0) is 10.8 Å². The number of anilines is 2. The molecule has 0 saturated carbocycles. The van der Waals surface area contributed by atoms with E-state index in [4.69, 9.17) is 0 Å². The van der Waals surface area contributed by atoms with E-state index in [1.807, 2.05) is 0 Å². The molecule has 0 spiro atoms. The lowest BCUT2D eigenvalue weighted by Crippen LogP contribution is -2.31. The van der Waals surface area contributed by atoms with Crippen molar-refractivity contribution in [3.63, 3.8) is 0 Å². The maximum absolute atomic E-state index is 3.64. The van der Waals surface area contributed by atoms with Crippen LogP contribution in [0.4, 0.5) is 11.4 Å². The minimum absolute atomic E-state index is 0.124. The first-order chi connectivity index (χ1) is 33.4. The summed E-state index contributed by atoms with van der Waals surface area (Å²) >= 11 is 0. The second-order valence-corrected chi connectivity index (χ2v) is 19.4. The number of rotatable bonds is 8. The minimum Gasteiger partial charge on any atom is -0.314 e. The van der Waals surface area contributed by atoms with E-state index in [1.54, 1.807) is 0 Å².